The number of nitrogens with two attached hydrogens (primary N) is 1. The van der Waals surface area contributed by atoms with Crippen molar-refractivity contribution in [2.24, 2.45) is 51.2 Å². The van der Waals surface area contributed by atoms with Gasteiger partial charge in [-0.1, -0.05) is 60.1 Å². The Labute approximate surface area is 222 Å². The van der Waals surface area contributed by atoms with Crippen LogP contribution in [0.3, 0.4) is 0 Å². The van der Waals surface area contributed by atoms with E-state index >= 15 is 0 Å². The molecule has 8 atom stereocenters. The van der Waals surface area contributed by atoms with Gasteiger partial charge in [-0.3, -0.25) is 9.89 Å². The van der Waals surface area contributed by atoms with E-state index in [4.69, 9.17) is 17.3 Å². The second-order valence-electron chi connectivity index (χ2n) is 15.4. The van der Waals surface area contributed by atoms with Gasteiger partial charge in [-0.25, -0.2) is 0 Å². The molecule has 0 amide bonds. The highest BCUT2D eigenvalue weighted by Crippen LogP contribution is 2.74. The van der Waals surface area contributed by atoms with E-state index in [9.17, 15) is 4.79 Å². The molecule has 36 heavy (non-hydrogen) atoms. The molecule has 5 aliphatic carbocycles. The zero-order valence-electron chi connectivity index (χ0n) is 23.4. The molecule has 6 rings (SSSR count). The molecule has 0 aliphatic heterocycles. The average Bonchev–Trinajstić information content (AvgIpc) is 3.13. The topological polar surface area (TPSA) is 71.8 Å². The van der Waals surface area contributed by atoms with E-state index in [2.05, 4.69) is 64.7 Å². The van der Waals surface area contributed by atoms with Crippen molar-refractivity contribution >= 4 is 22.7 Å². The summed E-state index contributed by atoms with van der Waals surface area (Å²) in [6, 6.07) is 0. The zero-order chi connectivity index (χ0) is 26.1. The minimum atomic E-state index is -0.104. The van der Waals surface area contributed by atoms with E-state index in [-0.39, 0.29) is 38.2 Å². The Morgan fingerprint density at radius 3 is 2.47 bits per heavy atom. The summed E-state index contributed by atoms with van der Waals surface area (Å²) >= 11 is 6.24. The fraction of sp³-hybridized carbons (Fsp3) is 0.806. The molecule has 0 saturated heterocycles. The van der Waals surface area contributed by atoms with Crippen LogP contribution in [-0.2, 0) is 16.6 Å². The maximum atomic E-state index is 12.6. The van der Waals surface area contributed by atoms with E-state index < -0.39 is 0 Å². The van der Waals surface area contributed by atoms with Crippen LogP contribution in [0.25, 0.3) is 0 Å². The Hall–Kier alpha value is -1.29. The number of allylic oxidation sites excluding steroid dienone is 2. The summed E-state index contributed by atoms with van der Waals surface area (Å²) in [5.74, 6) is 2.82. The van der Waals surface area contributed by atoms with Crippen LogP contribution in [0.15, 0.2) is 11.6 Å². The molecule has 1 heterocycles. The molecule has 5 aliphatic rings. The lowest BCUT2D eigenvalue weighted by molar-refractivity contribution is -0.156. The summed E-state index contributed by atoms with van der Waals surface area (Å²) in [5.41, 5.74) is 11.4. The van der Waals surface area contributed by atoms with Gasteiger partial charge in [0.05, 0.1) is 0 Å². The number of hydrogen-bond donors (Lipinski definition) is 2. The third kappa shape index (κ3) is 3.00. The molecule has 3 saturated carbocycles. The molecule has 1 aromatic rings. The minimum Gasteiger partial charge on any atom is -0.382 e. The number of H-pyrrole nitrogens is 1. The monoisotopic (exact) mass is 511 g/mol. The fourth-order valence-corrected chi connectivity index (χ4v) is 11.5. The van der Waals surface area contributed by atoms with Crippen LogP contribution in [0.5, 0.6) is 0 Å². The summed E-state index contributed by atoms with van der Waals surface area (Å²) in [7, 11) is 0. The molecule has 0 spiro atoms. The van der Waals surface area contributed by atoms with Gasteiger partial charge in [0.25, 0.3) is 0 Å². The number of nitrogens with zero attached hydrogens (tertiary/aromatic N) is 1. The van der Waals surface area contributed by atoms with E-state index in [1.807, 2.05) is 0 Å². The minimum absolute atomic E-state index is 0.00582. The molecule has 5 heteroatoms. The Morgan fingerprint density at radius 2 is 1.78 bits per heavy atom. The number of halogens is 1. The predicted molar refractivity (Wildman–Crippen MR) is 147 cm³/mol. The van der Waals surface area contributed by atoms with Gasteiger partial charge >= 0.3 is 0 Å². The van der Waals surface area contributed by atoms with Gasteiger partial charge in [0.2, 0.25) is 5.24 Å². The van der Waals surface area contributed by atoms with Crippen LogP contribution < -0.4 is 5.73 Å². The molecule has 0 aromatic carbocycles. The molecule has 1 aromatic heterocycles. The van der Waals surface area contributed by atoms with Crippen molar-refractivity contribution in [2.75, 3.05) is 5.73 Å². The third-order valence-electron chi connectivity index (χ3n) is 13.0. The number of rotatable bonds is 1. The van der Waals surface area contributed by atoms with Crippen LogP contribution in [-0.4, -0.2) is 15.4 Å². The maximum absolute atomic E-state index is 12.6. The molecule has 3 N–H and O–H groups in total. The van der Waals surface area contributed by atoms with Gasteiger partial charge in [-0.2, -0.15) is 5.10 Å². The van der Waals surface area contributed by atoms with Gasteiger partial charge in [0, 0.05) is 22.6 Å². The van der Waals surface area contributed by atoms with Crippen molar-refractivity contribution in [3.05, 3.63) is 22.9 Å². The Morgan fingerprint density at radius 1 is 1.06 bits per heavy atom. The third-order valence-corrected chi connectivity index (χ3v) is 13.3. The summed E-state index contributed by atoms with van der Waals surface area (Å²) in [4.78, 5) is 12.6. The highest BCUT2D eigenvalue weighted by molar-refractivity contribution is 6.64. The standard InChI is InChI=1S/C31H46ClN3O/c1-27(2)14-18-17(19(15-27)25(32)36)10-12-30(6)21(18)8-9-23-29(5)16-20-24(34-35-26(20)33)28(3,4)22(29)11-13-31(23,30)7/h8,17-19,22-23H,9-16H2,1-7H3,(H3,33,34,35)/t17-,18?,19+,22?,23?,29-,30+,31+/m0/s1. The number of nitrogen functional groups attached to an aromatic ring is 1. The Balaban J connectivity index is 1.44. The lowest BCUT2D eigenvalue weighted by Crippen LogP contribution is -2.63. The Kier molecular flexibility index (Phi) is 5.16. The number of carbonyl (C=O) groups excluding carboxylic acids is 1. The number of aromatic amines is 1. The second-order valence-corrected chi connectivity index (χ2v) is 15.8. The lowest BCUT2D eigenvalue weighted by atomic mass is 9.34. The number of carbonyl (C=O) groups is 1. The zero-order valence-corrected chi connectivity index (χ0v) is 24.2. The average molecular weight is 512 g/mol. The van der Waals surface area contributed by atoms with Crippen LogP contribution in [0.2, 0.25) is 0 Å². The van der Waals surface area contributed by atoms with Gasteiger partial charge in [-0.05, 0) is 108 Å². The first-order valence-corrected chi connectivity index (χ1v) is 14.8. The van der Waals surface area contributed by atoms with Gasteiger partial charge < -0.3 is 5.73 Å². The summed E-state index contributed by atoms with van der Waals surface area (Å²) in [6.07, 6.45) is 11.8. The first-order chi connectivity index (χ1) is 16.7. The van der Waals surface area contributed by atoms with Crippen LogP contribution in [0.1, 0.15) is 105 Å². The molecule has 3 unspecified atom stereocenters. The molecular weight excluding hydrogens is 466 g/mol. The van der Waals surface area contributed by atoms with E-state index in [0.717, 1.165) is 25.7 Å². The van der Waals surface area contributed by atoms with Crippen molar-refractivity contribution in [1.29, 1.82) is 0 Å². The normalized spacial score (nSPS) is 46.3. The first kappa shape index (κ1) is 25.0. The lowest BCUT2D eigenvalue weighted by Gasteiger charge is -2.70. The van der Waals surface area contributed by atoms with Crippen LogP contribution in [0.4, 0.5) is 5.82 Å². The van der Waals surface area contributed by atoms with Crippen molar-refractivity contribution in [1.82, 2.24) is 10.2 Å². The number of aromatic nitrogens is 2. The molecule has 0 bridgehead atoms. The number of hydrogen-bond acceptors (Lipinski definition) is 3. The molecule has 4 nitrogen and oxygen atoms in total. The summed E-state index contributed by atoms with van der Waals surface area (Å²) in [5, 5.41) is 7.69. The summed E-state index contributed by atoms with van der Waals surface area (Å²) in [6.45, 7) is 17.3. The van der Waals surface area contributed by atoms with Crippen molar-refractivity contribution in [2.45, 2.75) is 105 Å². The van der Waals surface area contributed by atoms with Crippen LogP contribution >= 0.6 is 11.6 Å². The van der Waals surface area contributed by atoms with E-state index in [0.29, 0.717) is 29.5 Å². The van der Waals surface area contributed by atoms with Crippen LogP contribution in [0, 0.1) is 51.2 Å². The highest BCUT2D eigenvalue weighted by atomic mass is 35.5. The van der Waals surface area contributed by atoms with E-state index in [1.165, 1.54) is 36.9 Å². The van der Waals surface area contributed by atoms with Gasteiger partial charge in [0.1, 0.15) is 5.82 Å². The summed E-state index contributed by atoms with van der Waals surface area (Å²) < 4.78 is 0. The number of fused-ring (bicyclic) bond motifs is 8. The number of anilines is 1. The van der Waals surface area contributed by atoms with Crippen molar-refractivity contribution in [3.63, 3.8) is 0 Å². The molecule has 0 radical (unpaired) electrons. The smallest absolute Gasteiger partial charge is 0.225 e. The second kappa shape index (κ2) is 7.42. The largest absolute Gasteiger partial charge is 0.382 e. The SMILES string of the molecule is CC1(C)CC2C3=CCC4[C@@]5(C)Cc6c(N)n[nH]c6C(C)(C)C5CC[C@@]4(C)[C@]3(C)CC[C@@H]2[C@H](C(=O)Cl)C1. The number of nitrogens with one attached hydrogen (secondary N) is 1. The highest BCUT2D eigenvalue weighted by Gasteiger charge is 2.67. The Bertz CT molecular complexity index is 1150. The molecule has 198 valence electrons. The fourth-order valence-electron chi connectivity index (χ4n) is 11.3. The predicted octanol–water partition coefficient (Wildman–Crippen LogP) is 7.43. The molecule has 3 fully saturated rings. The van der Waals surface area contributed by atoms with Gasteiger partial charge in [-0.15, -0.1) is 0 Å². The quantitative estimate of drug-likeness (QED) is 0.304. The first-order valence-electron chi connectivity index (χ1n) is 14.4. The van der Waals surface area contributed by atoms with Crippen molar-refractivity contribution < 1.29 is 4.79 Å². The van der Waals surface area contributed by atoms with Crippen molar-refractivity contribution in [3.8, 4) is 0 Å². The maximum Gasteiger partial charge on any atom is 0.225 e. The molecular formula is C31H46ClN3O. The van der Waals surface area contributed by atoms with E-state index in [1.54, 1.807) is 5.57 Å². The van der Waals surface area contributed by atoms with Gasteiger partial charge in [0.15, 0.2) is 0 Å².